The van der Waals surface area contributed by atoms with Crippen molar-refractivity contribution in [2.24, 2.45) is 0 Å². The summed E-state index contributed by atoms with van der Waals surface area (Å²) in [5.74, 6) is 0.813. The van der Waals surface area contributed by atoms with Gasteiger partial charge in [0.2, 0.25) is 0 Å². The summed E-state index contributed by atoms with van der Waals surface area (Å²) < 4.78 is 5.32. The second kappa shape index (κ2) is 6.82. The molecule has 2 aromatic carbocycles. The van der Waals surface area contributed by atoms with Crippen LogP contribution in [0.15, 0.2) is 54.6 Å². The first-order chi connectivity index (χ1) is 8.88. The Balaban J connectivity index is 1.86. The zero-order valence-electron chi connectivity index (χ0n) is 10.4. The lowest BCUT2D eigenvalue weighted by Crippen LogP contribution is -2.01. The Kier molecular flexibility index (Phi) is 4.79. The van der Waals surface area contributed by atoms with E-state index in [9.17, 15) is 0 Å². The van der Waals surface area contributed by atoms with Crippen LogP contribution >= 0.6 is 0 Å². The standard InChI is InChI=1S/C16H18O2/c17-12-13-18-16-10-8-15(9-11-16)7-6-14-4-2-1-3-5-14/h1-5,8-11,17H,6-7,12-13H2. The molecule has 0 spiro atoms. The molecule has 0 atom stereocenters. The molecule has 0 fully saturated rings. The highest BCUT2D eigenvalue weighted by Crippen LogP contribution is 2.14. The molecule has 0 unspecified atom stereocenters. The molecule has 0 heterocycles. The predicted molar refractivity (Wildman–Crippen MR) is 72.9 cm³/mol. The molecule has 0 amide bonds. The lowest BCUT2D eigenvalue weighted by atomic mass is 10.0. The lowest BCUT2D eigenvalue weighted by Gasteiger charge is -2.06. The van der Waals surface area contributed by atoms with Gasteiger partial charge in [0.05, 0.1) is 6.61 Å². The van der Waals surface area contributed by atoms with E-state index < -0.39 is 0 Å². The Morgan fingerprint density at radius 2 is 1.39 bits per heavy atom. The summed E-state index contributed by atoms with van der Waals surface area (Å²) in [5.41, 5.74) is 2.66. The second-order valence-electron chi connectivity index (χ2n) is 4.20. The molecular formula is C16H18O2. The van der Waals surface area contributed by atoms with Crippen molar-refractivity contribution in [2.75, 3.05) is 13.2 Å². The van der Waals surface area contributed by atoms with Gasteiger partial charge in [-0.3, -0.25) is 0 Å². The molecule has 0 saturated carbocycles. The smallest absolute Gasteiger partial charge is 0.119 e. The third kappa shape index (κ3) is 3.90. The maximum Gasteiger partial charge on any atom is 0.119 e. The highest BCUT2D eigenvalue weighted by molar-refractivity contribution is 5.28. The molecule has 0 aliphatic heterocycles. The van der Waals surface area contributed by atoms with Crippen molar-refractivity contribution in [3.05, 3.63) is 65.7 Å². The molecule has 0 radical (unpaired) electrons. The van der Waals surface area contributed by atoms with Gasteiger partial charge >= 0.3 is 0 Å². The number of aliphatic hydroxyl groups is 1. The Hall–Kier alpha value is -1.80. The fourth-order valence-corrected chi connectivity index (χ4v) is 1.85. The maximum atomic E-state index is 8.67. The van der Waals surface area contributed by atoms with Crippen molar-refractivity contribution >= 4 is 0 Å². The molecule has 2 rings (SSSR count). The maximum absolute atomic E-state index is 8.67. The fraction of sp³-hybridized carbons (Fsp3) is 0.250. The molecule has 2 heteroatoms. The van der Waals surface area contributed by atoms with Gasteiger partial charge < -0.3 is 9.84 Å². The summed E-state index contributed by atoms with van der Waals surface area (Å²) in [5, 5.41) is 8.67. The number of aryl methyl sites for hydroxylation is 2. The summed E-state index contributed by atoms with van der Waals surface area (Å²) >= 11 is 0. The number of hydrogen-bond donors (Lipinski definition) is 1. The minimum Gasteiger partial charge on any atom is -0.491 e. The molecule has 18 heavy (non-hydrogen) atoms. The van der Waals surface area contributed by atoms with Crippen molar-refractivity contribution < 1.29 is 9.84 Å². The van der Waals surface area contributed by atoms with Crippen molar-refractivity contribution in [1.82, 2.24) is 0 Å². The van der Waals surface area contributed by atoms with Crippen LogP contribution in [0, 0.1) is 0 Å². The molecule has 2 nitrogen and oxygen atoms in total. The zero-order chi connectivity index (χ0) is 12.6. The monoisotopic (exact) mass is 242 g/mol. The van der Waals surface area contributed by atoms with Crippen LogP contribution in [0.25, 0.3) is 0 Å². The number of aliphatic hydroxyl groups excluding tert-OH is 1. The van der Waals surface area contributed by atoms with Crippen LogP contribution in [0.3, 0.4) is 0 Å². The van der Waals surface area contributed by atoms with Gasteiger partial charge in [-0.15, -0.1) is 0 Å². The van der Waals surface area contributed by atoms with Crippen molar-refractivity contribution in [2.45, 2.75) is 12.8 Å². The van der Waals surface area contributed by atoms with Gasteiger partial charge in [0.15, 0.2) is 0 Å². The van der Waals surface area contributed by atoms with E-state index in [-0.39, 0.29) is 6.61 Å². The Morgan fingerprint density at radius 1 is 0.778 bits per heavy atom. The van der Waals surface area contributed by atoms with Crippen molar-refractivity contribution in [1.29, 1.82) is 0 Å². The predicted octanol–water partition coefficient (Wildman–Crippen LogP) is 2.84. The highest BCUT2D eigenvalue weighted by atomic mass is 16.5. The van der Waals surface area contributed by atoms with Gasteiger partial charge in [0.1, 0.15) is 12.4 Å². The summed E-state index contributed by atoms with van der Waals surface area (Å²) in [6, 6.07) is 18.5. The van der Waals surface area contributed by atoms with Crippen molar-refractivity contribution in [3.63, 3.8) is 0 Å². The van der Waals surface area contributed by atoms with E-state index >= 15 is 0 Å². The van der Waals surface area contributed by atoms with Gasteiger partial charge in [-0.05, 0) is 36.1 Å². The SMILES string of the molecule is OCCOc1ccc(CCc2ccccc2)cc1. The average molecular weight is 242 g/mol. The summed E-state index contributed by atoms with van der Waals surface area (Å²) in [6.45, 7) is 0.402. The van der Waals surface area contributed by atoms with Gasteiger partial charge in [0.25, 0.3) is 0 Å². The highest BCUT2D eigenvalue weighted by Gasteiger charge is 1.97. The normalized spacial score (nSPS) is 10.3. The van der Waals surface area contributed by atoms with E-state index in [1.165, 1.54) is 11.1 Å². The quantitative estimate of drug-likeness (QED) is 0.844. The summed E-state index contributed by atoms with van der Waals surface area (Å²) in [6.07, 6.45) is 2.09. The van der Waals surface area contributed by atoms with Gasteiger partial charge in [-0.25, -0.2) is 0 Å². The van der Waals surface area contributed by atoms with Crippen LogP contribution < -0.4 is 4.74 Å². The van der Waals surface area contributed by atoms with Crippen LogP contribution in [0.5, 0.6) is 5.75 Å². The summed E-state index contributed by atoms with van der Waals surface area (Å²) in [4.78, 5) is 0. The number of rotatable bonds is 6. The number of hydrogen-bond acceptors (Lipinski definition) is 2. The third-order valence-corrected chi connectivity index (χ3v) is 2.83. The largest absolute Gasteiger partial charge is 0.491 e. The third-order valence-electron chi connectivity index (χ3n) is 2.83. The first kappa shape index (κ1) is 12.7. The minimum atomic E-state index is 0.0513. The fourth-order valence-electron chi connectivity index (χ4n) is 1.85. The molecular weight excluding hydrogens is 224 g/mol. The Morgan fingerprint density at radius 3 is 2.00 bits per heavy atom. The van der Waals surface area contributed by atoms with Crippen LogP contribution in [0.2, 0.25) is 0 Å². The van der Waals surface area contributed by atoms with Crippen LogP contribution in [0.4, 0.5) is 0 Å². The average Bonchev–Trinajstić information content (AvgIpc) is 2.45. The Labute approximate surface area is 108 Å². The van der Waals surface area contributed by atoms with Crippen LogP contribution in [-0.2, 0) is 12.8 Å². The van der Waals surface area contributed by atoms with E-state index in [0.717, 1.165) is 18.6 Å². The first-order valence-electron chi connectivity index (χ1n) is 6.25. The minimum absolute atomic E-state index is 0.0513. The molecule has 0 aliphatic rings. The van der Waals surface area contributed by atoms with E-state index in [1.54, 1.807) is 0 Å². The van der Waals surface area contributed by atoms with E-state index in [4.69, 9.17) is 9.84 Å². The molecule has 94 valence electrons. The van der Waals surface area contributed by atoms with E-state index in [2.05, 4.69) is 36.4 Å². The Bertz CT molecular complexity index is 448. The van der Waals surface area contributed by atoms with Gasteiger partial charge in [-0.1, -0.05) is 42.5 Å². The molecule has 2 aromatic rings. The molecule has 1 N–H and O–H groups in total. The van der Waals surface area contributed by atoms with E-state index in [1.807, 2.05) is 18.2 Å². The van der Waals surface area contributed by atoms with Crippen LogP contribution in [-0.4, -0.2) is 18.3 Å². The van der Waals surface area contributed by atoms with E-state index in [0.29, 0.717) is 6.61 Å². The molecule has 0 aromatic heterocycles. The first-order valence-corrected chi connectivity index (χ1v) is 6.25. The second-order valence-corrected chi connectivity index (χ2v) is 4.20. The molecule has 0 aliphatic carbocycles. The lowest BCUT2D eigenvalue weighted by molar-refractivity contribution is 0.201. The topological polar surface area (TPSA) is 29.5 Å². The van der Waals surface area contributed by atoms with Gasteiger partial charge in [-0.2, -0.15) is 0 Å². The van der Waals surface area contributed by atoms with Crippen LogP contribution in [0.1, 0.15) is 11.1 Å². The zero-order valence-corrected chi connectivity index (χ0v) is 10.4. The summed E-state index contributed by atoms with van der Waals surface area (Å²) in [7, 11) is 0. The molecule has 0 saturated heterocycles. The number of ether oxygens (including phenoxy) is 1. The molecule has 0 bridgehead atoms. The number of benzene rings is 2. The van der Waals surface area contributed by atoms with Crippen molar-refractivity contribution in [3.8, 4) is 5.75 Å². The van der Waals surface area contributed by atoms with Gasteiger partial charge in [0, 0.05) is 0 Å².